The predicted molar refractivity (Wildman–Crippen MR) is 62.3 cm³/mol. The monoisotopic (exact) mass is 318 g/mol. The van der Waals surface area contributed by atoms with Gasteiger partial charge in [0.2, 0.25) is 0 Å². The van der Waals surface area contributed by atoms with E-state index in [1.54, 1.807) is 11.8 Å². The minimum atomic E-state index is -1.28. The first-order valence-corrected chi connectivity index (χ1v) is 8.11. The third-order valence-corrected chi connectivity index (χ3v) is 5.22. The normalized spacial score (nSPS) is 9.86. The van der Waals surface area contributed by atoms with Gasteiger partial charge in [0.1, 0.15) is 0 Å². The molecule has 0 rings (SSSR count). The molecule has 0 heterocycles. The van der Waals surface area contributed by atoms with Crippen molar-refractivity contribution in [3.05, 3.63) is 0 Å². The molecule has 0 aromatic rings. The van der Waals surface area contributed by atoms with E-state index in [2.05, 4.69) is 13.8 Å². The number of nitrogens with zero attached hydrogens (tertiary/aromatic N) is 1. The molecule has 0 amide bonds. The maximum absolute atomic E-state index is 11.0. The molecule has 0 bridgehead atoms. The van der Waals surface area contributed by atoms with Crippen molar-refractivity contribution in [2.24, 2.45) is 0 Å². The van der Waals surface area contributed by atoms with E-state index in [1.165, 1.54) is 12.8 Å². The third kappa shape index (κ3) is 7.08. The van der Waals surface area contributed by atoms with Crippen molar-refractivity contribution in [2.75, 3.05) is 12.3 Å². The van der Waals surface area contributed by atoms with Crippen LogP contribution >= 0.6 is 24.0 Å². The van der Waals surface area contributed by atoms with Crippen LogP contribution in [0.5, 0.6) is 0 Å². The summed E-state index contributed by atoms with van der Waals surface area (Å²) >= 11 is 5.62. The van der Waals surface area contributed by atoms with E-state index in [1.807, 2.05) is 3.46 Å². The van der Waals surface area contributed by atoms with Gasteiger partial charge in [0.15, 0.2) is 0 Å². The fraction of sp³-hybridized carbons (Fsp3) is 0.889. The molecule has 0 aromatic heterocycles. The predicted octanol–water partition coefficient (Wildman–Crippen LogP) is 3.25. The molecule has 0 unspecified atom stereocenters. The van der Waals surface area contributed by atoms with Crippen molar-refractivity contribution in [1.82, 2.24) is 3.46 Å². The Labute approximate surface area is 105 Å². The molecule has 14 heavy (non-hydrogen) atoms. The van der Waals surface area contributed by atoms with Crippen LogP contribution in [-0.4, -0.2) is 20.1 Å². The molecule has 83 valence electrons. The van der Waals surface area contributed by atoms with Crippen LogP contribution in [0.15, 0.2) is 0 Å². The standard InChI is InChI=1S/C9H19NS2.Mo.O/c1-3-5-7-10-9(11)12-8-6-4-2;;/h3-8H2,1-2H3,(H,10,11);;/q;+1;/p-1. The molecule has 0 radical (unpaired) electrons. The zero-order chi connectivity index (χ0) is 10.8. The van der Waals surface area contributed by atoms with Gasteiger partial charge in [0.05, 0.1) is 0 Å². The fourth-order valence-corrected chi connectivity index (χ4v) is 3.42. The van der Waals surface area contributed by atoms with Crippen molar-refractivity contribution in [2.45, 2.75) is 39.5 Å². The molecule has 0 fully saturated rings. The molecular formula is C9H18MoNOS2. The number of rotatable bonds is 7. The first-order chi connectivity index (χ1) is 6.76. The molecule has 0 saturated carbocycles. The number of thioether (sulfide) groups is 1. The van der Waals surface area contributed by atoms with E-state index in [4.69, 9.17) is 12.2 Å². The van der Waals surface area contributed by atoms with Gasteiger partial charge in [-0.05, 0) is 0 Å². The Balaban J connectivity index is 3.73. The van der Waals surface area contributed by atoms with E-state index in [0.717, 1.165) is 29.5 Å². The zero-order valence-electron chi connectivity index (χ0n) is 8.82. The number of hydrogen-bond acceptors (Lipinski definition) is 3. The van der Waals surface area contributed by atoms with Crippen LogP contribution in [0.4, 0.5) is 0 Å². The molecule has 0 aromatic carbocycles. The van der Waals surface area contributed by atoms with Gasteiger partial charge in [0.25, 0.3) is 0 Å². The van der Waals surface area contributed by atoms with Crippen molar-refractivity contribution in [3.63, 3.8) is 0 Å². The van der Waals surface area contributed by atoms with Crippen LogP contribution in [-0.2, 0) is 22.2 Å². The minimum absolute atomic E-state index is 0.837. The summed E-state index contributed by atoms with van der Waals surface area (Å²) in [5.41, 5.74) is 0. The van der Waals surface area contributed by atoms with Crippen molar-refractivity contribution < 1.29 is 22.2 Å². The van der Waals surface area contributed by atoms with Crippen molar-refractivity contribution >= 4 is 28.3 Å². The second-order valence-electron chi connectivity index (χ2n) is 3.00. The molecule has 0 atom stereocenters. The quantitative estimate of drug-likeness (QED) is 0.408. The molecule has 2 nitrogen and oxygen atoms in total. The summed E-state index contributed by atoms with van der Waals surface area (Å²) < 4.78 is 13.7. The van der Waals surface area contributed by atoms with Gasteiger partial charge in [-0.25, -0.2) is 0 Å². The molecule has 5 heteroatoms. The maximum atomic E-state index is 11.0. The first kappa shape index (κ1) is 14.7. The zero-order valence-corrected chi connectivity index (χ0v) is 12.5. The number of thiocarbonyl (C=S) groups is 1. The summed E-state index contributed by atoms with van der Waals surface area (Å²) in [5.74, 6) is 1.06. The molecule has 0 saturated heterocycles. The Morgan fingerprint density at radius 2 is 2.00 bits per heavy atom. The van der Waals surface area contributed by atoms with Crippen molar-refractivity contribution in [1.29, 1.82) is 0 Å². The Morgan fingerprint density at radius 1 is 1.36 bits per heavy atom. The Morgan fingerprint density at radius 3 is 2.50 bits per heavy atom. The second kappa shape index (κ2) is 10.3. The summed E-state index contributed by atoms with van der Waals surface area (Å²) in [5, 5.41) is 0. The third-order valence-electron chi connectivity index (χ3n) is 1.73. The van der Waals surface area contributed by atoms with Gasteiger partial charge in [-0.3, -0.25) is 0 Å². The summed E-state index contributed by atoms with van der Waals surface area (Å²) in [4.78, 5) is 0. The van der Waals surface area contributed by atoms with E-state index in [0.29, 0.717) is 0 Å². The molecule has 0 aliphatic heterocycles. The van der Waals surface area contributed by atoms with Gasteiger partial charge >= 0.3 is 106 Å². The van der Waals surface area contributed by atoms with Crippen LogP contribution in [0.3, 0.4) is 0 Å². The first-order valence-electron chi connectivity index (χ1n) is 5.00. The average molecular weight is 316 g/mol. The van der Waals surface area contributed by atoms with Gasteiger partial charge in [-0.1, -0.05) is 0 Å². The van der Waals surface area contributed by atoms with Crippen LogP contribution in [0.1, 0.15) is 39.5 Å². The van der Waals surface area contributed by atoms with Crippen LogP contribution < -0.4 is 0 Å². The van der Waals surface area contributed by atoms with Crippen LogP contribution in [0.25, 0.3) is 0 Å². The Hall–Kier alpha value is 0.728. The van der Waals surface area contributed by atoms with Gasteiger partial charge < -0.3 is 0 Å². The molecule has 0 aliphatic rings. The van der Waals surface area contributed by atoms with Crippen LogP contribution in [0, 0.1) is 0 Å². The number of hydrogen-bond donors (Lipinski definition) is 0. The van der Waals surface area contributed by atoms with E-state index in [9.17, 15) is 3.40 Å². The van der Waals surface area contributed by atoms with Gasteiger partial charge in [-0.2, -0.15) is 0 Å². The molecule has 0 N–H and O–H groups in total. The summed E-state index contributed by atoms with van der Waals surface area (Å²) in [6, 6.07) is 0. The van der Waals surface area contributed by atoms with E-state index < -0.39 is 18.8 Å². The van der Waals surface area contributed by atoms with E-state index >= 15 is 0 Å². The molecule has 0 aliphatic carbocycles. The van der Waals surface area contributed by atoms with Crippen molar-refractivity contribution in [3.8, 4) is 0 Å². The molecular weight excluding hydrogens is 298 g/mol. The Kier molecular flexibility index (Phi) is 10.8. The second-order valence-corrected chi connectivity index (χ2v) is 6.18. The summed E-state index contributed by atoms with van der Waals surface area (Å²) in [6.07, 6.45) is 4.59. The summed E-state index contributed by atoms with van der Waals surface area (Å²) in [6.45, 7) is 5.18. The van der Waals surface area contributed by atoms with Crippen LogP contribution in [0.2, 0.25) is 0 Å². The molecule has 0 spiro atoms. The average Bonchev–Trinajstić information content (AvgIpc) is 2.19. The van der Waals surface area contributed by atoms with Gasteiger partial charge in [-0.15, -0.1) is 0 Å². The topological polar surface area (TPSA) is 20.3 Å². The van der Waals surface area contributed by atoms with E-state index in [-0.39, 0.29) is 0 Å². The number of unbranched alkanes of at least 4 members (excludes halogenated alkanes) is 2. The van der Waals surface area contributed by atoms with Gasteiger partial charge in [0, 0.05) is 0 Å². The fourth-order valence-electron chi connectivity index (χ4n) is 0.837. The SMILES string of the molecule is CCCCSC(=S)[N](CCCC)[Mo]=[O]. The Bertz CT molecular complexity index is 178. The summed E-state index contributed by atoms with van der Waals surface area (Å²) in [7, 11) is 0.